The number of hydrogen-bond donors (Lipinski definition) is 3. The Bertz CT molecular complexity index is 1500. The zero-order chi connectivity index (χ0) is 26.3. The largest absolute Gasteiger partial charge is 0.455 e. The predicted octanol–water partition coefficient (Wildman–Crippen LogP) is 5.92. The van der Waals surface area contributed by atoms with Crippen LogP contribution in [0.5, 0.6) is 0 Å². The number of fused-ring (bicyclic) bond motifs is 1. The molecule has 1 aliphatic rings. The van der Waals surface area contributed by atoms with E-state index in [2.05, 4.69) is 25.0 Å². The van der Waals surface area contributed by atoms with Gasteiger partial charge in [0, 0.05) is 29.6 Å². The van der Waals surface area contributed by atoms with Crippen molar-refractivity contribution in [2.45, 2.75) is 44.8 Å². The summed E-state index contributed by atoms with van der Waals surface area (Å²) in [4.78, 5) is 34.4. The number of urea groups is 1. The number of benzene rings is 1. The number of carbonyl (C=O) groups excluding carboxylic acids is 2. The minimum atomic E-state index is -4.77. The molecule has 0 atom stereocenters. The summed E-state index contributed by atoms with van der Waals surface area (Å²) < 4.78 is 46.1. The van der Waals surface area contributed by atoms with E-state index in [1.54, 1.807) is 18.3 Å². The van der Waals surface area contributed by atoms with Gasteiger partial charge >= 0.3 is 12.2 Å². The third-order valence-electron chi connectivity index (χ3n) is 6.34. The Morgan fingerprint density at radius 1 is 1.14 bits per heavy atom. The minimum Gasteiger partial charge on any atom is -0.455 e. The molecule has 9 nitrogen and oxygen atoms in total. The highest BCUT2D eigenvalue weighted by atomic mass is 19.4. The van der Waals surface area contributed by atoms with Crippen LogP contribution in [-0.4, -0.2) is 26.3 Å². The number of amides is 2. The first-order chi connectivity index (χ1) is 17.6. The van der Waals surface area contributed by atoms with Crippen LogP contribution in [0.3, 0.4) is 0 Å². The lowest BCUT2D eigenvalue weighted by atomic mass is 10.0. The van der Waals surface area contributed by atoms with Crippen molar-refractivity contribution in [3.05, 3.63) is 65.5 Å². The van der Waals surface area contributed by atoms with Gasteiger partial charge in [0.25, 0.3) is 0 Å². The van der Waals surface area contributed by atoms with Gasteiger partial charge in [0.15, 0.2) is 5.78 Å². The van der Waals surface area contributed by atoms with E-state index in [1.807, 2.05) is 4.57 Å². The van der Waals surface area contributed by atoms with Crippen molar-refractivity contribution in [1.82, 2.24) is 14.5 Å². The first kappa shape index (κ1) is 24.3. The predicted molar refractivity (Wildman–Crippen MR) is 130 cm³/mol. The second-order valence-electron chi connectivity index (χ2n) is 8.93. The summed E-state index contributed by atoms with van der Waals surface area (Å²) in [6, 6.07) is 6.45. The number of hydrogen-bond acceptors (Lipinski definition) is 6. The van der Waals surface area contributed by atoms with Crippen LogP contribution in [0.2, 0.25) is 0 Å². The molecular weight excluding hydrogens is 489 g/mol. The maximum atomic E-state index is 13.5. The number of furan rings is 1. The number of nitrogen functional groups attached to an aromatic ring is 1. The fraction of sp³-hybridized carbons (Fsp3) is 0.280. The van der Waals surface area contributed by atoms with Gasteiger partial charge in [-0.25, -0.2) is 14.8 Å². The highest BCUT2D eigenvalue weighted by Gasteiger charge is 2.38. The summed E-state index contributed by atoms with van der Waals surface area (Å²) in [7, 11) is 0. The Labute approximate surface area is 208 Å². The normalized spacial score (nSPS) is 14.3. The van der Waals surface area contributed by atoms with Gasteiger partial charge < -0.3 is 25.4 Å². The minimum absolute atomic E-state index is 0.00441. The van der Waals surface area contributed by atoms with Crippen LogP contribution in [0.4, 0.5) is 35.2 Å². The van der Waals surface area contributed by atoms with Crippen molar-refractivity contribution >= 4 is 40.0 Å². The summed E-state index contributed by atoms with van der Waals surface area (Å²) in [6.45, 7) is 1.34. The average molecular weight is 512 g/mol. The van der Waals surface area contributed by atoms with Gasteiger partial charge in [-0.1, -0.05) is 25.0 Å². The number of nitrogens with zero attached hydrogens (tertiary/aromatic N) is 3. The second kappa shape index (κ2) is 9.26. The number of anilines is 3. The Balaban J connectivity index is 1.41. The second-order valence-corrected chi connectivity index (χ2v) is 8.93. The van der Waals surface area contributed by atoms with Crippen molar-refractivity contribution in [1.29, 1.82) is 0 Å². The van der Waals surface area contributed by atoms with Crippen molar-refractivity contribution in [3.8, 4) is 0 Å². The van der Waals surface area contributed by atoms with Crippen LogP contribution in [0.1, 0.15) is 59.2 Å². The van der Waals surface area contributed by atoms with Crippen LogP contribution in [0, 0.1) is 6.92 Å². The first-order valence-corrected chi connectivity index (χ1v) is 11.6. The van der Waals surface area contributed by atoms with Crippen molar-refractivity contribution in [2.75, 3.05) is 16.4 Å². The molecule has 0 aliphatic heterocycles. The molecule has 192 valence electrons. The van der Waals surface area contributed by atoms with Gasteiger partial charge in [0.2, 0.25) is 5.76 Å². The molecule has 1 saturated carbocycles. The zero-order valence-corrected chi connectivity index (χ0v) is 19.7. The molecule has 2 amide bonds. The quantitative estimate of drug-likeness (QED) is 0.285. The van der Waals surface area contributed by atoms with Gasteiger partial charge in [-0.2, -0.15) is 13.2 Å². The van der Waals surface area contributed by atoms with Gasteiger partial charge in [-0.15, -0.1) is 0 Å². The molecule has 0 unspecified atom stereocenters. The molecule has 0 spiro atoms. The third kappa shape index (κ3) is 4.74. The lowest BCUT2D eigenvalue weighted by Gasteiger charge is -2.12. The van der Waals surface area contributed by atoms with Crippen LogP contribution < -0.4 is 16.4 Å². The van der Waals surface area contributed by atoms with E-state index in [0.29, 0.717) is 16.6 Å². The van der Waals surface area contributed by atoms with Gasteiger partial charge in [-0.3, -0.25) is 4.79 Å². The highest BCUT2D eigenvalue weighted by Crippen LogP contribution is 2.37. The molecule has 1 fully saturated rings. The van der Waals surface area contributed by atoms with Crippen LogP contribution in [0.25, 0.3) is 11.0 Å². The molecule has 5 rings (SSSR count). The number of nitrogens with two attached hydrogens (primary N) is 1. The lowest BCUT2D eigenvalue weighted by molar-refractivity contribution is -0.152. The SMILES string of the molecule is Cc1cc(NC(=O)Nc2cccc(C(=O)c3cn(C4CCCC4)c4ncnc(N)c34)c2)c(C(F)(F)F)o1. The topological polar surface area (TPSA) is 128 Å². The van der Waals surface area contributed by atoms with Crippen molar-refractivity contribution < 1.29 is 27.2 Å². The fourth-order valence-electron chi connectivity index (χ4n) is 4.74. The Kier molecular flexibility index (Phi) is 6.10. The van der Waals surface area contributed by atoms with Gasteiger partial charge in [0.1, 0.15) is 23.6 Å². The first-order valence-electron chi connectivity index (χ1n) is 11.6. The van der Waals surface area contributed by atoms with E-state index < -0.39 is 23.7 Å². The van der Waals surface area contributed by atoms with Gasteiger partial charge in [-0.05, 0) is 31.9 Å². The molecule has 4 aromatic rings. The molecule has 12 heteroatoms. The summed E-state index contributed by atoms with van der Waals surface area (Å²) in [6.07, 6.45) is 2.48. The number of nitrogens with one attached hydrogen (secondary N) is 2. The smallest absolute Gasteiger partial charge is 0.451 e. The maximum Gasteiger partial charge on any atom is 0.451 e. The number of carbonyl (C=O) groups is 2. The third-order valence-corrected chi connectivity index (χ3v) is 6.34. The molecule has 37 heavy (non-hydrogen) atoms. The van der Waals surface area contributed by atoms with Crippen molar-refractivity contribution in [3.63, 3.8) is 0 Å². The van der Waals surface area contributed by atoms with E-state index >= 15 is 0 Å². The number of ketones is 1. The van der Waals surface area contributed by atoms with E-state index in [1.165, 1.54) is 25.4 Å². The number of halogens is 3. The summed E-state index contributed by atoms with van der Waals surface area (Å²) in [5.74, 6) is -1.47. The Morgan fingerprint density at radius 2 is 1.89 bits per heavy atom. The molecule has 3 aromatic heterocycles. The van der Waals surface area contributed by atoms with E-state index in [9.17, 15) is 22.8 Å². The van der Waals surface area contributed by atoms with Gasteiger partial charge in [0.05, 0.1) is 16.6 Å². The summed E-state index contributed by atoms with van der Waals surface area (Å²) in [5.41, 5.74) is 7.01. The fourth-order valence-corrected chi connectivity index (χ4v) is 4.74. The zero-order valence-electron chi connectivity index (χ0n) is 19.7. The summed E-state index contributed by atoms with van der Waals surface area (Å²) in [5, 5.41) is 5.07. The van der Waals surface area contributed by atoms with Crippen LogP contribution in [-0.2, 0) is 6.18 Å². The number of aryl methyl sites for hydroxylation is 1. The van der Waals surface area contributed by atoms with E-state index in [4.69, 9.17) is 5.73 Å². The average Bonchev–Trinajstić information content (AvgIpc) is 3.57. The molecule has 0 bridgehead atoms. The van der Waals surface area contributed by atoms with Crippen LogP contribution in [0.15, 0.2) is 47.3 Å². The molecule has 3 heterocycles. The molecule has 0 radical (unpaired) electrons. The Morgan fingerprint density at radius 3 is 2.62 bits per heavy atom. The van der Waals surface area contributed by atoms with Crippen molar-refractivity contribution in [2.24, 2.45) is 0 Å². The number of alkyl halides is 3. The molecular formula is C25H23F3N6O3. The highest BCUT2D eigenvalue weighted by molar-refractivity contribution is 6.18. The monoisotopic (exact) mass is 512 g/mol. The summed E-state index contributed by atoms with van der Waals surface area (Å²) >= 11 is 0. The van der Waals surface area contributed by atoms with E-state index in [0.717, 1.165) is 31.7 Å². The number of rotatable bonds is 5. The number of aromatic nitrogens is 3. The molecule has 1 aromatic carbocycles. The Hall–Kier alpha value is -4.35. The lowest BCUT2D eigenvalue weighted by Crippen LogP contribution is -2.21. The molecule has 4 N–H and O–H groups in total. The maximum absolute atomic E-state index is 13.5. The van der Waals surface area contributed by atoms with E-state index in [-0.39, 0.29) is 34.7 Å². The molecule has 1 aliphatic carbocycles. The standard InChI is InChI=1S/C25H23F3N6O3/c1-13-9-18(21(37-13)25(26,27)28)33-24(36)32-15-6-4-5-14(10-15)20(35)17-11-34(16-7-2-3-8-16)23-19(17)22(29)30-12-31-23/h4-6,9-12,16H,2-3,7-8H2,1H3,(H2,29,30,31)(H2,32,33,36). The molecule has 0 saturated heterocycles. The van der Waals surface area contributed by atoms with Crippen LogP contribution >= 0.6 is 0 Å².